The van der Waals surface area contributed by atoms with Gasteiger partial charge in [-0.2, -0.15) is 5.26 Å². The first-order valence-electron chi connectivity index (χ1n) is 8.68. The number of amides is 1. The van der Waals surface area contributed by atoms with Crippen molar-refractivity contribution in [3.05, 3.63) is 58.3 Å². The molecule has 0 radical (unpaired) electrons. The third-order valence-corrected chi connectivity index (χ3v) is 5.50. The second kappa shape index (κ2) is 9.33. The van der Waals surface area contributed by atoms with Crippen molar-refractivity contribution in [1.29, 1.82) is 5.26 Å². The van der Waals surface area contributed by atoms with Gasteiger partial charge in [0.2, 0.25) is 5.91 Å². The Morgan fingerprint density at radius 1 is 1.19 bits per heavy atom. The van der Waals surface area contributed by atoms with Crippen molar-refractivity contribution in [2.75, 3.05) is 5.75 Å². The molecule has 0 aliphatic carbocycles. The Balaban J connectivity index is 2.05. The Kier molecular flexibility index (Phi) is 7.14. The summed E-state index contributed by atoms with van der Waals surface area (Å²) in [6.45, 7) is 7.18. The monoisotopic (exact) mass is 381 g/mol. The number of aryl methyl sites for hydroxylation is 1. The van der Waals surface area contributed by atoms with Gasteiger partial charge in [0.15, 0.2) is 5.78 Å². The second-order valence-electron chi connectivity index (χ2n) is 6.45. The van der Waals surface area contributed by atoms with Gasteiger partial charge in [0.05, 0.1) is 17.4 Å². The van der Waals surface area contributed by atoms with E-state index in [0.717, 1.165) is 22.4 Å². The maximum Gasteiger partial charge on any atom is 0.231 e. The van der Waals surface area contributed by atoms with Crippen molar-refractivity contribution in [3.8, 4) is 6.07 Å². The first-order chi connectivity index (χ1) is 12.8. The second-order valence-corrected chi connectivity index (χ2v) is 7.41. The lowest BCUT2D eigenvalue weighted by Gasteiger charge is -2.16. The molecule has 1 N–H and O–H groups in total. The summed E-state index contributed by atoms with van der Waals surface area (Å²) in [6.07, 6.45) is 0.455. The van der Waals surface area contributed by atoms with Crippen LogP contribution in [0.1, 0.15) is 34.9 Å². The van der Waals surface area contributed by atoms with E-state index in [2.05, 4.69) is 16.4 Å². The number of thioether (sulfide) groups is 1. The number of Topliss-reactive ketones (excluding diaryl/α,β-unsaturated/α-hetero) is 1. The lowest BCUT2D eigenvalue weighted by atomic mass is 10.0. The van der Waals surface area contributed by atoms with Crippen LogP contribution in [0.15, 0.2) is 35.4 Å². The van der Waals surface area contributed by atoms with Crippen molar-refractivity contribution in [1.82, 2.24) is 10.3 Å². The number of nitrogens with one attached hydrogen (secondary N) is 1. The lowest BCUT2D eigenvalue weighted by molar-refractivity contribution is -0.125. The molecular formula is C21H23N3O2S. The standard InChI is InChI=1S/C21H23N3O2S/c1-13-14(2)18(11-22)21(23-15(13)3)27-12-20(26)24-19(16(4)25)10-17-8-6-5-7-9-17/h5-9,19H,10,12H2,1-4H3,(H,24,26)/t19-/m0/s1. The van der Waals surface area contributed by atoms with Crippen LogP contribution < -0.4 is 5.32 Å². The SMILES string of the molecule is CC(=O)[C@H](Cc1ccccc1)NC(=O)CSc1nc(C)c(C)c(C)c1C#N. The molecule has 1 aromatic carbocycles. The van der Waals surface area contributed by atoms with Crippen molar-refractivity contribution in [3.63, 3.8) is 0 Å². The van der Waals surface area contributed by atoms with Crippen molar-refractivity contribution >= 4 is 23.5 Å². The van der Waals surface area contributed by atoms with E-state index >= 15 is 0 Å². The number of hydrogen-bond acceptors (Lipinski definition) is 5. The van der Waals surface area contributed by atoms with E-state index in [1.165, 1.54) is 18.7 Å². The van der Waals surface area contributed by atoms with Gasteiger partial charge in [-0.15, -0.1) is 0 Å². The lowest BCUT2D eigenvalue weighted by Crippen LogP contribution is -2.42. The number of hydrogen-bond donors (Lipinski definition) is 1. The Morgan fingerprint density at radius 2 is 1.85 bits per heavy atom. The number of benzene rings is 1. The summed E-state index contributed by atoms with van der Waals surface area (Å²) in [6, 6.07) is 11.2. The zero-order valence-electron chi connectivity index (χ0n) is 16.0. The Bertz CT molecular complexity index is 889. The fourth-order valence-corrected chi connectivity index (χ4v) is 3.56. The fourth-order valence-electron chi connectivity index (χ4n) is 2.66. The average molecular weight is 382 g/mol. The Labute approximate surface area is 164 Å². The molecule has 0 saturated carbocycles. The van der Waals surface area contributed by atoms with Crippen LogP contribution in [0.25, 0.3) is 0 Å². The maximum atomic E-state index is 12.4. The first kappa shape index (κ1) is 20.7. The number of rotatable bonds is 7. The quantitative estimate of drug-likeness (QED) is 0.744. The van der Waals surface area contributed by atoms with Gasteiger partial charge in [-0.1, -0.05) is 42.1 Å². The van der Waals surface area contributed by atoms with E-state index in [9.17, 15) is 14.9 Å². The zero-order valence-corrected chi connectivity index (χ0v) is 16.8. The fraction of sp³-hybridized carbons (Fsp3) is 0.333. The van der Waals surface area contributed by atoms with E-state index in [-0.39, 0.29) is 17.4 Å². The topological polar surface area (TPSA) is 82.8 Å². The van der Waals surface area contributed by atoms with Crippen LogP contribution in [0.4, 0.5) is 0 Å². The number of pyridine rings is 1. The van der Waals surface area contributed by atoms with Gasteiger partial charge in [0.1, 0.15) is 11.1 Å². The van der Waals surface area contributed by atoms with Crippen LogP contribution in [-0.2, 0) is 16.0 Å². The predicted molar refractivity (Wildman–Crippen MR) is 107 cm³/mol. The highest BCUT2D eigenvalue weighted by atomic mass is 32.2. The van der Waals surface area contributed by atoms with Crippen LogP contribution in [0, 0.1) is 32.1 Å². The molecule has 0 unspecified atom stereocenters. The molecule has 2 rings (SSSR count). The minimum absolute atomic E-state index is 0.0879. The van der Waals surface area contributed by atoms with Gasteiger partial charge < -0.3 is 5.32 Å². The van der Waals surface area contributed by atoms with E-state index in [4.69, 9.17) is 0 Å². The van der Waals surface area contributed by atoms with Crippen LogP contribution in [0.3, 0.4) is 0 Å². The number of aromatic nitrogens is 1. The molecule has 27 heavy (non-hydrogen) atoms. The maximum absolute atomic E-state index is 12.4. The van der Waals surface area contributed by atoms with E-state index < -0.39 is 6.04 Å². The van der Waals surface area contributed by atoms with Gasteiger partial charge in [-0.3, -0.25) is 9.59 Å². The summed E-state index contributed by atoms with van der Waals surface area (Å²) < 4.78 is 0. The van der Waals surface area contributed by atoms with E-state index in [1.54, 1.807) is 0 Å². The molecule has 0 spiro atoms. The highest BCUT2D eigenvalue weighted by Gasteiger charge is 2.19. The van der Waals surface area contributed by atoms with Gasteiger partial charge in [0.25, 0.3) is 0 Å². The number of carbonyl (C=O) groups is 2. The van der Waals surface area contributed by atoms with Crippen LogP contribution in [0.2, 0.25) is 0 Å². The zero-order chi connectivity index (χ0) is 20.0. The third kappa shape index (κ3) is 5.41. The molecule has 0 aliphatic rings. The molecule has 0 aliphatic heterocycles. The summed E-state index contributed by atoms with van der Waals surface area (Å²) >= 11 is 1.22. The normalized spacial score (nSPS) is 11.5. The van der Waals surface area contributed by atoms with Crippen molar-refractivity contribution in [2.45, 2.75) is 45.2 Å². The van der Waals surface area contributed by atoms with Crippen molar-refractivity contribution < 1.29 is 9.59 Å². The molecular weight excluding hydrogens is 358 g/mol. The van der Waals surface area contributed by atoms with Crippen LogP contribution in [0.5, 0.6) is 0 Å². The minimum Gasteiger partial charge on any atom is -0.345 e. The number of nitriles is 1. The molecule has 5 nitrogen and oxygen atoms in total. The Hall–Kier alpha value is -2.65. The predicted octanol–water partition coefficient (Wildman–Crippen LogP) is 3.29. The molecule has 6 heteroatoms. The summed E-state index contributed by atoms with van der Waals surface area (Å²) in [4.78, 5) is 28.7. The molecule has 0 fully saturated rings. The van der Waals surface area contributed by atoms with Gasteiger partial charge in [-0.25, -0.2) is 4.98 Å². The van der Waals surface area contributed by atoms with Crippen LogP contribution >= 0.6 is 11.8 Å². The molecule has 1 amide bonds. The van der Waals surface area contributed by atoms with Crippen molar-refractivity contribution in [2.24, 2.45) is 0 Å². The summed E-state index contributed by atoms with van der Waals surface area (Å²) in [5.74, 6) is -0.241. The smallest absolute Gasteiger partial charge is 0.231 e. The molecule has 0 bridgehead atoms. The number of nitrogens with zero attached hydrogens (tertiary/aromatic N) is 2. The largest absolute Gasteiger partial charge is 0.345 e. The minimum atomic E-state index is -0.564. The van der Waals surface area contributed by atoms with E-state index in [1.807, 2.05) is 51.1 Å². The highest BCUT2D eigenvalue weighted by Crippen LogP contribution is 2.26. The van der Waals surface area contributed by atoms with Crippen LogP contribution in [-0.4, -0.2) is 28.5 Å². The van der Waals surface area contributed by atoms with Gasteiger partial charge >= 0.3 is 0 Å². The number of carbonyl (C=O) groups excluding carboxylic acids is 2. The molecule has 140 valence electrons. The summed E-state index contributed by atoms with van der Waals surface area (Å²) in [7, 11) is 0. The molecule has 1 aromatic heterocycles. The van der Waals surface area contributed by atoms with E-state index in [0.29, 0.717) is 17.0 Å². The molecule has 0 saturated heterocycles. The highest BCUT2D eigenvalue weighted by molar-refractivity contribution is 8.00. The molecule has 1 heterocycles. The molecule has 2 aromatic rings. The summed E-state index contributed by atoms with van der Waals surface area (Å²) in [5.41, 5.74) is 4.21. The first-order valence-corrected chi connectivity index (χ1v) is 9.66. The van der Waals surface area contributed by atoms with Gasteiger partial charge in [-0.05, 0) is 50.8 Å². The summed E-state index contributed by atoms with van der Waals surface area (Å²) in [5, 5.41) is 12.8. The third-order valence-electron chi connectivity index (χ3n) is 4.52. The molecule has 1 atom stereocenters. The average Bonchev–Trinajstić information content (AvgIpc) is 2.64. The van der Waals surface area contributed by atoms with Gasteiger partial charge in [0, 0.05) is 5.69 Å². The Morgan fingerprint density at radius 3 is 2.44 bits per heavy atom. The number of ketones is 1.